The van der Waals surface area contributed by atoms with E-state index >= 15 is 0 Å². The SMILES string of the molecule is C[C@@H]1CC[C@@H](C(C)(C)N2C[C@H](c3ccccc3)[C@@H](C)C2)[C@H](O)C1. The maximum Gasteiger partial charge on any atom is 0.0588 e. The summed E-state index contributed by atoms with van der Waals surface area (Å²) >= 11 is 0. The molecule has 0 amide bonds. The monoisotopic (exact) mass is 315 g/mol. The van der Waals surface area contributed by atoms with Gasteiger partial charge in [0, 0.05) is 30.5 Å². The number of benzene rings is 1. The maximum atomic E-state index is 10.7. The van der Waals surface area contributed by atoms with Crippen LogP contribution in [0.4, 0.5) is 0 Å². The topological polar surface area (TPSA) is 23.5 Å². The second-order valence-electron chi connectivity index (χ2n) is 8.65. The van der Waals surface area contributed by atoms with E-state index in [1.165, 1.54) is 12.0 Å². The molecule has 2 fully saturated rings. The standard InChI is InChI=1S/C21H33NO/c1-15-10-11-19(20(23)12-15)21(3,4)22-13-16(2)18(14-22)17-8-6-5-7-9-17/h5-9,15-16,18-20,23H,10-14H2,1-4H3/t15-,16+,18+,19-,20-/m1/s1. The summed E-state index contributed by atoms with van der Waals surface area (Å²) in [6, 6.07) is 11.0. The van der Waals surface area contributed by atoms with Gasteiger partial charge in [0.25, 0.3) is 0 Å². The lowest BCUT2D eigenvalue weighted by molar-refractivity contribution is -0.0379. The fourth-order valence-corrected chi connectivity index (χ4v) is 4.98. The molecule has 0 unspecified atom stereocenters. The molecule has 2 aliphatic rings. The van der Waals surface area contributed by atoms with Crippen LogP contribution in [0.5, 0.6) is 0 Å². The number of nitrogens with zero attached hydrogens (tertiary/aromatic N) is 1. The van der Waals surface area contributed by atoms with Crippen LogP contribution in [0.2, 0.25) is 0 Å². The summed E-state index contributed by atoms with van der Waals surface area (Å²) in [6.45, 7) is 11.6. The van der Waals surface area contributed by atoms with Crippen LogP contribution in [0.3, 0.4) is 0 Å². The first-order valence-corrected chi connectivity index (χ1v) is 9.37. The van der Waals surface area contributed by atoms with Gasteiger partial charge >= 0.3 is 0 Å². The van der Waals surface area contributed by atoms with Gasteiger partial charge in [-0.25, -0.2) is 0 Å². The second kappa shape index (κ2) is 6.57. The Labute approximate surface area is 141 Å². The Morgan fingerprint density at radius 3 is 2.39 bits per heavy atom. The molecule has 2 nitrogen and oxygen atoms in total. The number of likely N-dealkylation sites (tertiary alicyclic amines) is 1. The maximum absolute atomic E-state index is 10.7. The van der Waals surface area contributed by atoms with Gasteiger partial charge in [-0.05, 0) is 44.1 Å². The summed E-state index contributed by atoms with van der Waals surface area (Å²) < 4.78 is 0. The summed E-state index contributed by atoms with van der Waals surface area (Å²) in [5.74, 6) is 2.37. The molecule has 1 saturated heterocycles. The first kappa shape index (κ1) is 17.0. The quantitative estimate of drug-likeness (QED) is 0.899. The summed E-state index contributed by atoms with van der Waals surface area (Å²) in [4.78, 5) is 2.65. The van der Waals surface area contributed by atoms with E-state index in [2.05, 4.69) is 62.9 Å². The van der Waals surface area contributed by atoms with Crippen molar-refractivity contribution in [2.45, 2.75) is 64.5 Å². The van der Waals surface area contributed by atoms with Gasteiger partial charge in [-0.2, -0.15) is 0 Å². The molecular weight excluding hydrogens is 282 g/mol. The van der Waals surface area contributed by atoms with Crippen molar-refractivity contribution in [1.29, 1.82) is 0 Å². The Bertz CT molecular complexity index is 512. The third kappa shape index (κ3) is 3.34. The average molecular weight is 316 g/mol. The zero-order chi connectivity index (χ0) is 16.6. The van der Waals surface area contributed by atoms with Gasteiger partial charge in [-0.15, -0.1) is 0 Å². The minimum Gasteiger partial charge on any atom is -0.393 e. The highest BCUT2D eigenvalue weighted by molar-refractivity contribution is 5.22. The summed E-state index contributed by atoms with van der Waals surface area (Å²) in [6.07, 6.45) is 3.26. The molecule has 1 aliphatic heterocycles. The van der Waals surface area contributed by atoms with E-state index < -0.39 is 0 Å². The second-order valence-corrected chi connectivity index (χ2v) is 8.65. The van der Waals surface area contributed by atoms with Crippen LogP contribution < -0.4 is 0 Å². The van der Waals surface area contributed by atoms with Gasteiger partial charge in [0.2, 0.25) is 0 Å². The molecule has 1 saturated carbocycles. The number of hydrogen-bond donors (Lipinski definition) is 1. The van der Waals surface area contributed by atoms with Crippen molar-refractivity contribution >= 4 is 0 Å². The van der Waals surface area contributed by atoms with Gasteiger partial charge in [-0.3, -0.25) is 4.90 Å². The van der Waals surface area contributed by atoms with Gasteiger partial charge in [0.1, 0.15) is 0 Å². The minimum atomic E-state index is -0.139. The first-order valence-electron chi connectivity index (χ1n) is 9.37. The predicted molar refractivity (Wildman–Crippen MR) is 96.5 cm³/mol. The zero-order valence-corrected chi connectivity index (χ0v) is 15.2. The number of aliphatic hydroxyl groups is 1. The molecular formula is C21H33NO. The molecule has 0 aromatic heterocycles. The van der Waals surface area contributed by atoms with E-state index in [0.29, 0.717) is 23.7 Å². The van der Waals surface area contributed by atoms with Gasteiger partial charge < -0.3 is 5.11 Å². The molecule has 5 atom stereocenters. The molecule has 23 heavy (non-hydrogen) atoms. The van der Waals surface area contributed by atoms with Crippen molar-refractivity contribution in [3.8, 4) is 0 Å². The molecule has 1 aromatic rings. The van der Waals surface area contributed by atoms with Crippen LogP contribution in [-0.4, -0.2) is 34.7 Å². The predicted octanol–water partition coefficient (Wildman–Crippen LogP) is 4.30. The van der Waals surface area contributed by atoms with Crippen molar-refractivity contribution in [2.24, 2.45) is 17.8 Å². The molecule has 128 valence electrons. The van der Waals surface area contributed by atoms with Crippen LogP contribution in [0, 0.1) is 17.8 Å². The molecule has 0 bridgehead atoms. The van der Waals surface area contributed by atoms with E-state index in [1.807, 2.05) is 0 Å². The normalized spacial score (nSPS) is 36.3. The third-order valence-electron chi connectivity index (χ3n) is 6.64. The van der Waals surface area contributed by atoms with Crippen molar-refractivity contribution in [3.05, 3.63) is 35.9 Å². The summed E-state index contributed by atoms with van der Waals surface area (Å²) in [5, 5.41) is 10.7. The first-order chi connectivity index (χ1) is 10.9. The largest absolute Gasteiger partial charge is 0.393 e. The zero-order valence-electron chi connectivity index (χ0n) is 15.2. The third-order valence-corrected chi connectivity index (χ3v) is 6.64. The minimum absolute atomic E-state index is 0.0807. The lowest BCUT2D eigenvalue weighted by Crippen LogP contribution is -2.53. The van der Waals surface area contributed by atoms with Gasteiger partial charge in [0.05, 0.1) is 6.10 Å². The van der Waals surface area contributed by atoms with E-state index in [4.69, 9.17) is 0 Å². The smallest absolute Gasteiger partial charge is 0.0588 e. The van der Waals surface area contributed by atoms with E-state index in [0.717, 1.165) is 25.9 Å². The van der Waals surface area contributed by atoms with Crippen LogP contribution in [0.15, 0.2) is 30.3 Å². The van der Waals surface area contributed by atoms with Crippen LogP contribution >= 0.6 is 0 Å². The van der Waals surface area contributed by atoms with Crippen molar-refractivity contribution in [2.75, 3.05) is 13.1 Å². The molecule has 1 aromatic carbocycles. The molecule has 1 N–H and O–H groups in total. The molecule has 2 heteroatoms. The Morgan fingerprint density at radius 2 is 1.74 bits per heavy atom. The molecule has 1 heterocycles. The van der Waals surface area contributed by atoms with Crippen molar-refractivity contribution in [1.82, 2.24) is 4.90 Å². The highest BCUT2D eigenvalue weighted by Gasteiger charge is 2.45. The molecule has 0 radical (unpaired) electrons. The fourth-order valence-electron chi connectivity index (χ4n) is 4.98. The number of aliphatic hydroxyl groups excluding tert-OH is 1. The Morgan fingerprint density at radius 1 is 1.04 bits per heavy atom. The van der Waals surface area contributed by atoms with Gasteiger partial charge in [0.15, 0.2) is 0 Å². The Kier molecular flexibility index (Phi) is 4.85. The fraction of sp³-hybridized carbons (Fsp3) is 0.714. The summed E-state index contributed by atoms with van der Waals surface area (Å²) in [7, 11) is 0. The number of rotatable bonds is 3. The van der Waals surface area contributed by atoms with Gasteiger partial charge in [-0.1, -0.05) is 50.6 Å². The average Bonchev–Trinajstić information content (AvgIpc) is 2.90. The van der Waals surface area contributed by atoms with E-state index in [9.17, 15) is 5.11 Å². The van der Waals surface area contributed by atoms with Crippen LogP contribution in [0.1, 0.15) is 58.4 Å². The van der Waals surface area contributed by atoms with Crippen LogP contribution in [0.25, 0.3) is 0 Å². The van der Waals surface area contributed by atoms with Crippen molar-refractivity contribution in [3.63, 3.8) is 0 Å². The molecule has 0 spiro atoms. The van der Waals surface area contributed by atoms with E-state index in [1.54, 1.807) is 0 Å². The highest BCUT2D eigenvalue weighted by Crippen LogP contribution is 2.43. The number of hydrogen-bond acceptors (Lipinski definition) is 2. The Hall–Kier alpha value is -0.860. The lowest BCUT2D eigenvalue weighted by atomic mass is 9.71. The Balaban J connectivity index is 1.74. The van der Waals surface area contributed by atoms with Crippen molar-refractivity contribution < 1.29 is 5.11 Å². The lowest BCUT2D eigenvalue weighted by Gasteiger charge is -2.47. The summed E-state index contributed by atoms with van der Waals surface area (Å²) in [5.41, 5.74) is 1.55. The van der Waals surface area contributed by atoms with E-state index in [-0.39, 0.29) is 11.6 Å². The van der Waals surface area contributed by atoms with Crippen LogP contribution in [-0.2, 0) is 0 Å². The molecule has 1 aliphatic carbocycles. The highest BCUT2D eigenvalue weighted by atomic mass is 16.3. The molecule has 3 rings (SSSR count).